The van der Waals surface area contributed by atoms with E-state index in [4.69, 9.17) is 29.9 Å². The van der Waals surface area contributed by atoms with E-state index in [0.717, 1.165) is 10.8 Å². The molecular weight excluding hydrogens is 427 g/mol. The van der Waals surface area contributed by atoms with Crippen molar-refractivity contribution in [3.05, 3.63) is 61.4 Å². The molecule has 3 heterocycles. The van der Waals surface area contributed by atoms with Crippen LogP contribution in [0.3, 0.4) is 0 Å². The molecule has 10 nitrogen and oxygen atoms in total. The Labute approximate surface area is 168 Å². The maximum atomic E-state index is 12.7. The Balaban J connectivity index is 1.39. The number of carbonyl (C=O) groups is 1. The Hall–Kier alpha value is -2.23. The van der Waals surface area contributed by atoms with E-state index in [2.05, 4.69) is 4.98 Å². The summed E-state index contributed by atoms with van der Waals surface area (Å²) in [7, 11) is -3.82. The molecule has 0 saturated carbocycles. The molecule has 2 aromatic rings. The smallest absolute Gasteiger partial charge is 0.404 e. The Morgan fingerprint density at radius 3 is 2.97 bits per heavy atom. The fraction of sp³-hybridized carbons (Fsp3) is 0.353. The third-order valence-electron chi connectivity index (χ3n) is 4.55. The van der Waals surface area contributed by atoms with Crippen molar-refractivity contribution in [1.82, 2.24) is 9.55 Å². The van der Waals surface area contributed by atoms with Crippen LogP contribution in [0.2, 0.25) is 5.02 Å². The molecule has 2 aliphatic heterocycles. The molecule has 4 rings (SSSR count). The van der Waals surface area contributed by atoms with Crippen molar-refractivity contribution in [3.63, 3.8) is 0 Å². The summed E-state index contributed by atoms with van der Waals surface area (Å²) in [5.74, 6) is 0.371. The normalized spacial score (nSPS) is 26.0. The van der Waals surface area contributed by atoms with E-state index in [1.54, 1.807) is 18.2 Å². The number of aldehydes is 1. The standard InChI is InChI=1S/C17H16ClN2O8P/c18-12-1-3-14-10(5-12)8-25-29(24,28-14)26-9-13-2-4-15(27-13)20-6-11(7-21)16(22)19-17(20)23/h1,3,5-7,13,15H,2,4,8-9H2,(H,19,22,23). The monoisotopic (exact) mass is 442 g/mol. The van der Waals surface area contributed by atoms with Crippen LogP contribution in [-0.4, -0.2) is 28.5 Å². The lowest BCUT2D eigenvalue weighted by Crippen LogP contribution is -2.34. The van der Waals surface area contributed by atoms with Crippen LogP contribution in [0.15, 0.2) is 34.0 Å². The Morgan fingerprint density at radius 2 is 2.17 bits per heavy atom. The second-order valence-electron chi connectivity index (χ2n) is 6.52. The molecule has 1 aromatic heterocycles. The van der Waals surface area contributed by atoms with Crippen molar-refractivity contribution in [2.45, 2.75) is 31.8 Å². The number of H-pyrrole nitrogens is 1. The summed E-state index contributed by atoms with van der Waals surface area (Å²) in [4.78, 5) is 36.5. The highest BCUT2D eigenvalue weighted by atomic mass is 35.5. The van der Waals surface area contributed by atoms with Crippen molar-refractivity contribution < 1.29 is 27.7 Å². The first-order valence-corrected chi connectivity index (χ1v) is 10.5. The summed E-state index contributed by atoms with van der Waals surface area (Å²) in [6.07, 6.45) is 1.27. The highest BCUT2D eigenvalue weighted by Crippen LogP contribution is 2.55. The van der Waals surface area contributed by atoms with E-state index in [1.807, 2.05) is 0 Å². The third kappa shape index (κ3) is 4.22. The lowest BCUT2D eigenvalue weighted by atomic mass is 10.2. The molecule has 29 heavy (non-hydrogen) atoms. The van der Waals surface area contributed by atoms with Crippen LogP contribution in [-0.2, 0) is 25.0 Å². The summed E-state index contributed by atoms with van der Waals surface area (Å²) in [6, 6.07) is 4.85. The summed E-state index contributed by atoms with van der Waals surface area (Å²) >= 11 is 5.91. The van der Waals surface area contributed by atoms with Gasteiger partial charge in [0.25, 0.3) is 5.56 Å². The van der Waals surface area contributed by atoms with Gasteiger partial charge in [0.2, 0.25) is 0 Å². The van der Waals surface area contributed by atoms with Gasteiger partial charge in [0.05, 0.1) is 24.9 Å². The predicted octanol–water partition coefficient (Wildman–Crippen LogP) is 2.41. The summed E-state index contributed by atoms with van der Waals surface area (Å²) in [5, 5.41) is 0.509. The van der Waals surface area contributed by atoms with E-state index in [1.165, 1.54) is 0 Å². The van der Waals surface area contributed by atoms with Gasteiger partial charge < -0.3 is 9.26 Å². The largest absolute Gasteiger partial charge is 0.530 e. The number of halogens is 1. The number of aromatic amines is 1. The van der Waals surface area contributed by atoms with Crippen LogP contribution in [0.25, 0.3) is 0 Å². The number of aromatic nitrogens is 2. The number of rotatable bonds is 5. The zero-order valence-corrected chi connectivity index (χ0v) is 16.6. The van der Waals surface area contributed by atoms with Gasteiger partial charge in [0.1, 0.15) is 12.0 Å². The van der Waals surface area contributed by atoms with Crippen LogP contribution >= 0.6 is 19.4 Å². The molecule has 0 spiro atoms. The average Bonchev–Trinajstić information content (AvgIpc) is 3.16. The van der Waals surface area contributed by atoms with E-state index < -0.39 is 31.4 Å². The van der Waals surface area contributed by atoms with Crippen molar-refractivity contribution in [2.24, 2.45) is 0 Å². The van der Waals surface area contributed by atoms with Crippen molar-refractivity contribution in [3.8, 4) is 5.75 Å². The minimum absolute atomic E-state index is 0.0303. The molecule has 1 fully saturated rings. The number of fused-ring (bicyclic) bond motifs is 1. The molecule has 0 bridgehead atoms. The first-order chi connectivity index (χ1) is 13.9. The Kier molecular flexibility index (Phi) is 5.46. The van der Waals surface area contributed by atoms with Crippen LogP contribution in [0, 0.1) is 0 Å². The molecule has 2 aliphatic rings. The maximum Gasteiger partial charge on any atom is 0.530 e. The molecule has 1 saturated heterocycles. The lowest BCUT2D eigenvalue weighted by molar-refractivity contribution is -0.0264. The number of ether oxygens (including phenoxy) is 1. The zero-order valence-electron chi connectivity index (χ0n) is 14.9. The van der Waals surface area contributed by atoms with Gasteiger partial charge in [-0.25, -0.2) is 9.36 Å². The van der Waals surface area contributed by atoms with E-state index in [-0.39, 0.29) is 18.8 Å². The highest BCUT2D eigenvalue weighted by Gasteiger charge is 2.37. The number of nitrogens with one attached hydrogen (secondary N) is 1. The van der Waals surface area contributed by atoms with Crippen LogP contribution in [0.4, 0.5) is 0 Å². The van der Waals surface area contributed by atoms with Gasteiger partial charge >= 0.3 is 13.5 Å². The molecule has 0 aliphatic carbocycles. The molecule has 0 radical (unpaired) electrons. The summed E-state index contributed by atoms with van der Waals surface area (Å²) < 4.78 is 35.5. The number of nitrogens with zero attached hydrogens (tertiary/aromatic N) is 1. The summed E-state index contributed by atoms with van der Waals surface area (Å²) in [6.45, 7) is -0.0576. The van der Waals surface area contributed by atoms with Gasteiger partial charge in [-0.2, -0.15) is 0 Å². The van der Waals surface area contributed by atoms with Gasteiger partial charge in [0.15, 0.2) is 6.29 Å². The second kappa shape index (κ2) is 7.89. The lowest BCUT2D eigenvalue weighted by Gasteiger charge is -2.25. The van der Waals surface area contributed by atoms with Crippen LogP contribution in [0.5, 0.6) is 5.75 Å². The van der Waals surface area contributed by atoms with Crippen molar-refractivity contribution >= 4 is 25.7 Å². The van der Waals surface area contributed by atoms with E-state index in [0.29, 0.717) is 35.5 Å². The van der Waals surface area contributed by atoms with Gasteiger partial charge in [-0.15, -0.1) is 0 Å². The molecule has 3 atom stereocenters. The fourth-order valence-electron chi connectivity index (χ4n) is 3.10. The van der Waals surface area contributed by atoms with Crippen molar-refractivity contribution in [1.29, 1.82) is 0 Å². The Morgan fingerprint density at radius 1 is 1.34 bits per heavy atom. The molecule has 0 amide bonds. The van der Waals surface area contributed by atoms with Crippen LogP contribution < -0.4 is 15.8 Å². The SMILES string of the molecule is O=Cc1cn(C2CCC(COP3(=O)OCc4cc(Cl)ccc4O3)O2)c(=O)[nH]c1=O. The van der Waals surface area contributed by atoms with Gasteiger partial charge in [-0.1, -0.05) is 11.6 Å². The molecule has 1 N–H and O–H groups in total. The Bertz CT molecular complexity index is 1110. The molecule has 3 unspecified atom stereocenters. The van der Waals surface area contributed by atoms with Crippen LogP contribution in [0.1, 0.15) is 35.0 Å². The first kappa shape index (κ1) is 20.1. The van der Waals surface area contributed by atoms with Crippen molar-refractivity contribution in [2.75, 3.05) is 6.61 Å². The van der Waals surface area contributed by atoms with Gasteiger partial charge in [0, 0.05) is 16.8 Å². The molecule has 154 valence electrons. The van der Waals surface area contributed by atoms with Gasteiger partial charge in [-0.05, 0) is 31.0 Å². The number of phosphoric acid groups is 1. The topological polar surface area (TPSA) is 126 Å². The minimum atomic E-state index is -3.82. The van der Waals surface area contributed by atoms with Gasteiger partial charge in [-0.3, -0.25) is 28.2 Å². The minimum Gasteiger partial charge on any atom is -0.404 e. The number of benzene rings is 1. The van der Waals surface area contributed by atoms with E-state index in [9.17, 15) is 18.9 Å². The number of hydrogen-bond donors (Lipinski definition) is 1. The molecule has 12 heteroatoms. The number of hydrogen-bond acceptors (Lipinski definition) is 8. The fourth-order valence-corrected chi connectivity index (χ4v) is 4.54. The molecular formula is C17H16ClN2O8P. The number of carbonyl (C=O) groups excluding carboxylic acids is 1. The van der Waals surface area contributed by atoms with E-state index >= 15 is 0 Å². The number of phosphoric ester groups is 1. The third-order valence-corrected chi connectivity index (χ3v) is 6.11. The second-order valence-corrected chi connectivity index (χ2v) is 8.55. The maximum absolute atomic E-state index is 12.7. The summed E-state index contributed by atoms with van der Waals surface area (Å²) in [5.41, 5.74) is -0.965. The molecule has 1 aromatic carbocycles. The predicted molar refractivity (Wildman–Crippen MR) is 100 cm³/mol. The highest BCUT2D eigenvalue weighted by molar-refractivity contribution is 7.49. The first-order valence-electron chi connectivity index (χ1n) is 8.70. The zero-order chi connectivity index (χ0) is 20.6. The quantitative estimate of drug-likeness (QED) is 0.552. The average molecular weight is 443 g/mol.